The fourth-order valence-electron chi connectivity index (χ4n) is 3.56. The maximum atomic E-state index is 12.8. The summed E-state index contributed by atoms with van der Waals surface area (Å²) in [7, 11) is 1.68. The summed E-state index contributed by atoms with van der Waals surface area (Å²) in [5.41, 5.74) is 3.14. The average Bonchev–Trinajstić information content (AvgIpc) is 3.30. The van der Waals surface area contributed by atoms with Crippen LogP contribution >= 0.6 is 0 Å². The third-order valence-electron chi connectivity index (χ3n) is 5.14. The molecule has 2 N–H and O–H groups in total. The molecule has 1 fully saturated rings. The lowest BCUT2D eigenvalue weighted by molar-refractivity contribution is -0.0505. The molecule has 2 aromatic rings. The Labute approximate surface area is 167 Å². The zero-order chi connectivity index (χ0) is 20.4. The minimum atomic E-state index is -2.92. The first-order valence-corrected chi connectivity index (χ1v) is 9.45. The highest BCUT2D eigenvalue weighted by molar-refractivity contribution is 5.80. The number of benzene rings is 2. The van der Waals surface area contributed by atoms with Crippen molar-refractivity contribution in [3.8, 4) is 17.2 Å². The van der Waals surface area contributed by atoms with Crippen LogP contribution in [0.2, 0.25) is 0 Å². The number of rotatable bonds is 6. The average molecular weight is 403 g/mol. The molecule has 1 aliphatic heterocycles. The summed E-state index contributed by atoms with van der Waals surface area (Å²) < 4.78 is 40.8. The van der Waals surface area contributed by atoms with Crippen molar-refractivity contribution in [1.29, 1.82) is 0 Å². The summed E-state index contributed by atoms with van der Waals surface area (Å²) in [5, 5.41) is 6.56. The van der Waals surface area contributed by atoms with Crippen molar-refractivity contribution in [2.45, 2.75) is 38.5 Å². The van der Waals surface area contributed by atoms with Gasteiger partial charge in [-0.25, -0.2) is 0 Å². The predicted molar refractivity (Wildman–Crippen MR) is 105 cm³/mol. The van der Waals surface area contributed by atoms with E-state index in [1.165, 1.54) is 17.2 Å². The van der Waals surface area contributed by atoms with Gasteiger partial charge in [-0.15, -0.1) is 0 Å². The summed E-state index contributed by atoms with van der Waals surface area (Å²) >= 11 is 0. The Bertz CT molecular complexity index is 920. The van der Waals surface area contributed by atoms with Gasteiger partial charge in [-0.2, -0.15) is 8.78 Å². The molecule has 2 aromatic carbocycles. The fraction of sp³-hybridized carbons (Fsp3) is 0.381. The van der Waals surface area contributed by atoms with E-state index in [9.17, 15) is 8.78 Å². The van der Waals surface area contributed by atoms with E-state index in [1.807, 2.05) is 6.07 Å². The minimum Gasteiger partial charge on any atom is -0.454 e. The number of guanidine groups is 1. The molecule has 0 spiro atoms. The lowest BCUT2D eigenvalue weighted by atomic mass is 10.0. The zero-order valence-electron chi connectivity index (χ0n) is 16.2. The number of aliphatic imine (C=N–C) groups is 1. The molecule has 2 aliphatic rings. The third kappa shape index (κ3) is 4.36. The summed E-state index contributed by atoms with van der Waals surface area (Å²) in [6.07, 6.45) is 1.02. The van der Waals surface area contributed by atoms with Gasteiger partial charge in [0, 0.05) is 37.2 Å². The molecule has 1 saturated carbocycles. The number of ether oxygens (including phenoxy) is 3. The number of hydrogen-bond donors (Lipinski definition) is 2. The molecule has 29 heavy (non-hydrogen) atoms. The van der Waals surface area contributed by atoms with Crippen LogP contribution in [0.4, 0.5) is 8.78 Å². The molecule has 8 heteroatoms. The molecule has 1 aliphatic carbocycles. The first-order chi connectivity index (χ1) is 14.0. The fourth-order valence-corrected chi connectivity index (χ4v) is 3.56. The van der Waals surface area contributed by atoms with Crippen LogP contribution in [0.5, 0.6) is 17.2 Å². The van der Waals surface area contributed by atoms with Gasteiger partial charge in [-0.1, -0.05) is 24.3 Å². The van der Waals surface area contributed by atoms with Crippen molar-refractivity contribution >= 4 is 5.96 Å². The first kappa shape index (κ1) is 19.3. The van der Waals surface area contributed by atoms with Gasteiger partial charge >= 0.3 is 6.61 Å². The Morgan fingerprint density at radius 3 is 2.72 bits per heavy atom. The first-order valence-electron chi connectivity index (χ1n) is 9.45. The van der Waals surface area contributed by atoms with E-state index in [1.54, 1.807) is 13.1 Å². The van der Waals surface area contributed by atoms with E-state index in [4.69, 9.17) is 9.47 Å². The molecule has 4 rings (SSSR count). The van der Waals surface area contributed by atoms with Crippen LogP contribution in [-0.2, 0) is 6.54 Å². The molecular weight excluding hydrogens is 380 g/mol. The molecular formula is C21H23F2N3O3. The van der Waals surface area contributed by atoms with Gasteiger partial charge in [-0.3, -0.25) is 4.99 Å². The molecule has 0 bridgehead atoms. The van der Waals surface area contributed by atoms with Crippen LogP contribution in [0.15, 0.2) is 41.4 Å². The van der Waals surface area contributed by atoms with E-state index < -0.39 is 6.61 Å². The van der Waals surface area contributed by atoms with E-state index in [0.29, 0.717) is 28.9 Å². The summed E-state index contributed by atoms with van der Waals surface area (Å²) in [6, 6.07) is 11.7. The Hall–Kier alpha value is -3.03. The van der Waals surface area contributed by atoms with E-state index >= 15 is 0 Å². The van der Waals surface area contributed by atoms with Crippen LogP contribution in [0.3, 0.4) is 0 Å². The predicted octanol–water partition coefficient (Wildman–Crippen LogP) is 3.55. The highest BCUT2D eigenvalue weighted by Gasteiger charge is 2.39. The molecule has 2 atom stereocenters. The van der Waals surface area contributed by atoms with Crippen molar-refractivity contribution in [2.75, 3.05) is 13.8 Å². The Balaban J connectivity index is 1.40. The standard InChI is InChI=1S/C21H23F2N3O3/c1-12-5-3-4-6-14(12)15-8-16(15)26-21(24-2)25-10-13-7-18-19(28-11-27-18)9-17(13)29-20(22)23/h3-7,9,15-16,20H,8,10-11H2,1-2H3,(H2,24,25,26). The smallest absolute Gasteiger partial charge is 0.387 e. The summed E-state index contributed by atoms with van der Waals surface area (Å²) in [5.74, 6) is 2.00. The molecule has 6 nitrogen and oxygen atoms in total. The molecule has 0 amide bonds. The van der Waals surface area contributed by atoms with Crippen LogP contribution in [-0.4, -0.2) is 32.5 Å². The van der Waals surface area contributed by atoms with Gasteiger partial charge in [0.25, 0.3) is 0 Å². The number of fused-ring (bicyclic) bond motifs is 1. The van der Waals surface area contributed by atoms with Crippen molar-refractivity contribution < 1.29 is 23.0 Å². The largest absolute Gasteiger partial charge is 0.454 e. The van der Waals surface area contributed by atoms with Gasteiger partial charge in [0.05, 0.1) is 0 Å². The number of nitrogens with zero attached hydrogens (tertiary/aromatic N) is 1. The molecule has 0 saturated heterocycles. The second kappa shape index (κ2) is 8.14. The zero-order valence-corrected chi connectivity index (χ0v) is 16.2. The lowest BCUT2D eigenvalue weighted by Crippen LogP contribution is -2.38. The Kier molecular flexibility index (Phi) is 5.42. The number of halogens is 2. The molecule has 0 radical (unpaired) electrons. The van der Waals surface area contributed by atoms with Crippen LogP contribution in [0, 0.1) is 6.92 Å². The van der Waals surface area contributed by atoms with Crippen LogP contribution in [0.25, 0.3) is 0 Å². The van der Waals surface area contributed by atoms with Gasteiger partial charge in [0.1, 0.15) is 5.75 Å². The topological polar surface area (TPSA) is 64.1 Å². The van der Waals surface area contributed by atoms with Gasteiger partial charge < -0.3 is 24.8 Å². The lowest BCUT2D eigenvalue weighted by Gasteiger charge is -2.15. The van der Waals surface area contributed by atoms with E-state index in [-0.39, 0.29) is 25.1 Å². The monoisotopic (exact) mass is 403 g/mol. The quantitative estimate of drug-likeness (QED) is 0.571. The molecule has 0 aromatic heterocycles. The minimum absolute atomic E-state index is 0.0522. The SMILES string of the molecule is CN=C(NCc1cc2c(cc1OC(F)F)OCO2)NC1CC1c1ccccc1C. The number of alkyl halides is 2. The van der Waals surface area contributed by atoms with Crippen LogP contribution < -0.4 is 24.8 Å². The Morgan fingerprint density at radius 2 is 2.00 bits per heavy atom. The Morgan fingerprint density at radius 1 is 1.24 bits per heavy atom. The summed E-state index contributed by atoms with van der Waals surface area (Å²) in [6.45, 7) is -0.499. The van der Waals surface area contributed by atoms with Gasteiger partial charge in [0.2, 0.25) is 6.79 Å². The normalized spacial score (nSPS) is 20.0. The molecule has 2 unspecified atom stereocenters. The second-order valence-electron chi connectivity index (χ2n) is 7.07. The van der Waals surface area contributed by atoms with Crippen molar-refractivity contribution in [3.05, 3.63) is 53.1 Å². The van der Waals surface area contributed by atoms with Crippen molar-refractivity contribution in [1.82, 2.24) is 10.6 Å². The van der Waals surface area contributed by atoms with E-state index in [0.717, 1.165) is 6.42 Å². The van der Waals surface area contributed by atoms with Crippen molar-refractivity contribution in [3.63, 3.8) is 0 Å². The number of hydrogen-bond acceptors (Lipinski definition) is 4. The number of nitrogens with one attached hydrogen (secondary N) is 2. The molecule has 154 valence electrons. The maximum Gasteiger partial charge on any atom is 0.387 e. The number of aryl methyl sites for hydroxylation is 1. The highest BCUT2D eigenvalue weighted by Crippen LogP contribution is 2.42. The second-order valence-corrected chi connectivity index (χ2v) is 7.07. The van der Waals surface area contributed by atoms with Crippen molar-refractivity contribution in [2.24, 2.45) is 4.99 Å². The van der Waals surface area contributed by atoms with E-state index in [2.05, 4.69) is 45.5 Å². The summed E-state index contributed by atoms with van der Waals surface area (Å²) in [4.78, 5) is 4.25. The maximum absolute atomic E-state index is 12.8. The van der Waals surface area contributed by atoms with Gasteiger partial charge in [0.15, 0.2) is 17.5 Å². The third-order valence-corrected chi connectivity index (χ3v) is 5.14. The van der Waals surface area contributed by atoms with Crippen LogP contribution in [0.1, 0.15) is 29.0 Å². The molecule has 1 heterocycles. The van der Waals surface area contributed by atoms with Gasteiger partial charge in [-0.05, 0) is 30.5 Å². The highest BCUT2D eigenvalue weighted by atomic mass is 19.3.